The molecule has 1 aliphatic heterocycles. The van der Waals surface area contributed by atoms with Crippen molar-refractivity contribution >= 4 is 5.71 Å². The van der Waals surface area contributed by atoms with Gasteiger partial charge >= 0.3 is 0 Å². The molecule has 1 aromatic carbocycles. The van der Waals surface area contributed by atoms with Gasteiger partial charge in [0.1, 0.15) is 11.6 Å². The SMILES string of the molecule is C=C\C=C/C=C\C=C/C(=NC(=C)N1CCN(CC)CC1)c1ccc(OCCCO)cc1. The van der Waals surface area contributed by atoms with Crippen molar-refractivity contribution in [3.63, 3.8) is 0 Å². The minimum absolute atomic E-state index is 0.129. The molecule has 0 aliphatic carbocycles. The highest BCUT2D eigenvalue weighted by Crippen LogP contribution is 2.16. The minimum Gasteiger partial charge on any atom is -0.494 e. The van der Waals surface area contributed by atoms with Crippen molar-refractivity contribution in [3.8, 4) is 5.75 Å². The zero-order chi connectivity index (χ0) is 22.3. The van der Waals surface area contributed by atoms with Gasteiger partial charge in [-0.15, -0.1) is 0 Å². The molecule has 31 heavy (non-hydrogen) atoms. The average molecular weight is 422 g/mol. The van der Waals surface area contributed by atoms with E-state index in [4.69, 9.17) is 14.8 Å². The molecule has 0 spiro atoms. The summed E-state index contributed by atoms with van der Waals surface area (Å²) in [6.07, 6.45) is 14.1. The van der Waals surface area contributed by atoms with E-state index in [2.05, 4.69) is 29.9 Å². The first-order valence-corrected chi connectivity index (χ1v) is 10.9. The van der Waals surface area contributed by atoms with Crippen LogP contribution in [0.2, 0.25) is 0 Å². The summed E-state index contributed by atoms with van der Waals surface area (Å²) in [6, 6.07) is 7.87. The maximum atomic E-state index is 8.90. The van der Waals surface area contributed by atoms with E-state index in [0.717, 1.165) is 55.6 Å². The van der Waals surface area contributed by atoms with Crippen LogP contribution in [0.25, 0.3) is 0 Å². The van der Waals surface area contributed by atoms with Crippen molar-refractivity contribution in [2.75, 3.05) is 45.9 Å². The van der Waals surface area contributed by atoms with E-state index in [-0.39, 0.29) is 6.61 Å². The fourth-order valence-corrected chi connectivity index (χ4v) is 3.12. The number of nitrogens with zero attached hydrogens (tertiary/aromatic N) is 3. The Morgan fingerprint density at radius 3 is 2.39 bits per heavy atom. The van der Waals surface area contributed by atoms with Crippen LogP contribution in [-0.4, -0.2) is 66.6 Å². The fraction of sp³-hybridized carbons (Fsp3) is 0.346. The van der Waals surface area contributed by atoms with Crippen LogP contribution in [0.5, 0.6) is 5.75 Å². The lowest BCUT2D eigenvalue weighted by Gasteiger charge is -2.35. The van der Waals surface area contributed by atoms with Gasteiger partial charge in [0, 0.05) is 44.8 Å². The van der Waals surface area contributed by atoms with Gasteiger partial charge in [0.05, 0.1) is 12.3 Å². The van der Waals surface area contributed by atoms with Gasteiger partial charge in [-0.2, -0.15) is 0 Å². The highest BCUT2D eigenvalue weighted by Gasteiger charge is 2.16. The zero-order valence-corrected chi connectivity index (χ0v) is 18.6. The van der Waals surface area contributed by atoms with Gasteiger partial charge in [0.15, 0.2) is 0 Å². The van der Waals surface area contributed by atoms with Crippen molar-refractivity contribution in [1.82, 2.24) is 9.80 Å². The van der Waals surface area contributed by atoms with Gasteiger partial charge in [-0.05, 0) is 36.9 Å². The Labute approximate surface area is 187 Å². The average Bonchev–Trinajstić information content (AvgIpc) is 2.81. The maximum Gasteiger partial charge on any atom is 0.122 e. The fourth-order valence-electron chi connectivity index (χ4n) is 3.12. The number of aliphatic hydroxyl groups excluding tert-OH is 1. The molecule has 0 bridgehead atoms. The highest BCUT2D eigenvalue weighted by atomic mass is 16.5. The number of allylic oxidation sites excluding steroid dienone is 7. The summed E-state index contributed by atoms with van der Waals surface area (Å²) in [6.45, 7) is 15.8. The smallest absolute Gasteiger partial charge is 0.122 e. The van der Waals surface area contributed by atoms with Crippen LogP contribution in [0.15, 0.2) is 90.8 Å². The molecule has 0 unspecified atom stereocenters. The number of aliphatic hydroxyl groups is 1. The molecule has 0 atom stereocenters. The van der Waals surface area contributed by atoms with Gasteiger partial charge in [0.2, 0.25) is 0 Å². The van der Waals surface area contributed by atoms with Crippen molar-refractivity contribution in [1.29, 1.82) is 0 Å². The molecule has 1 heterocycles. The highest BCUT2D eigenvalue weighted by molar-refractivity contribution is 6.09. The quantitative estimate of drug-likeness (QED) is 0.312. The first-order chi connectivity index (χ1) is 15.2. The first-order valence-electron chi connectivity index (χ1n) is 10.9. The summed E-state index contributed by atoms with van der Waals surface area (Å²) in [5.41, 5.74) is 1.84. The number of hydrogen-bond donors (Lipinski definition) is 1. The number of ether oxygens (including phenoxy) is 1. The molecule has 0 aromatic heterocycles. The van der Waals surface area contributed by atoms with Crippen LogP contribution in [0, 0.1) is 0 Å². The van der Waals surface area contributed by atoms with Crippen LogP contribution in [0.4, 0.5) is 0 Å². The third-order valence-electron chi connectivity index (χ3n) is 4.99. The number of hydrogen-bond acceptors (Lipinski definition) is 5. The standard InChI is InChI=1S/C26H35N3O2/c1-4-6-7-8-9-10-12-26(24-13-15-25(16-14-24)31-22-11-21-30)27-23(3)29-19-17-28(5-2)18-20-29/h4,6-10,12-16,30H,1,3,5,11,17-22H2,2H3/b7-6-,9-8-,12-10-,27-26?. The second kappa shape index (κ2) is 14.2. The van der Waals surface area contributed by atoms with E-state index >= 15 is 0 Å². The Kier molecular flexibility index (Phi) is 11.1. The molecule has 1 aromatic rings. The summed E-state index contributed by atoms with van der Waals surface area (Å²) < 4.78 is 5.64. The summed E-state index contributed by atoms with van der Waals surface area (Å²) in [5.74, 6) is 1.57. The van der Waals surface area contributed by atoms with Gasteiger partial charge < -0.3 is 19.6 Å². The molecule has 1 saturated heterocycles. The van der Waals surface area contributed by atoms with E-state index in [9.17, 15) is 0 Å². The molecule has 0 amide bonds. The van der Waals surface area contributed by atoms with Crippen molar-refractivity contribution in [3.05, 3.63) is 91.3 Å². The first kappa shape index (κ1) is 24.4. The topological polar surface area (TPSA) is 48.3 Å². The van der Waals surface area contributed by atoms with E-state index in [1.165, 1.54) is 0 Å². The van der Waals surface area contributed by atoms with E-state index in [1.807, 2.05) is 60.7 Å². The summed E-state index contributed by atoms with van der Waals surface area (Å²) in [5, 5.41) is 8.90. The molecule has 1 fully saturated rings. The predicted octanol–water partition coefficient (Wildman–Crippen LogP) is 4.20. The lowest BCUT2D eigenvalue weighted by atomic mass is 10.1. The maximum absolute atomic E-state index is 8.90. The Morgan fingerprint density at radius 2 is 1.74 bits per heavy atom. The molecule has 1 N–H and O–H groups in total. The van der Waals surface area contributed by atoms with E-state index < -0.39 is 0 Å². The second-order valence-corrected chi connectivity index (χ2v) is 7.15. The number of aliphatic imine (C=N–C) groups is 1. The zero-order valence-electron chi connectivity index (χ0n) is 18.6. The molecule has 0 saturated carbocycles. The third kappa shape index (κ3) is 8.79. The van der Waals surface area contributed by atoms with Crippen LogP contribution in [0.1, 0.15) is 18.9 Å². The Morgan fingerprint density at radius 1 is 1.06 bits per heavy atom. The molecule has 1 aliphatic rings. The van der Waals surface area contributed by atoms with Crippen LogP contribution in [0.3, 0.4) is 0 Å². The molecule has 2 rings (SSSR count). The molecule has 5 nitrogen and oxygen atoms in total. The van der Waals surface area contributed by atoms with E-state index in [1.54, 1.807) is 6.08 Å². The number of likely N-dealkylation sites (N-methyl/N-ethyl adjacent to an activating group) is 1. The van der Waals surface area contributed by atoms with Gasteiger partial charge in [0.25, 0.3) is 0 Å². The molecule has 0 radical (unpaired) electrons. The number of piperazine rings is 1. The van der Waals surface area contributed by atoms with Gasteiger partial charge in [-0.25, -0.2) is 4.99 Å². The van der Waals surface area contributed by atoms with Crippen molar-refractivity contribution < 1.29 is 9.84 Å². The van der Waals surface area contributed by atoms with Gasteiger partial charge in [-0.3, -0.25) is 0 Å². The van der Waals surface area contributed by atoms with Crippen LogP contribution in [-0.2, 0) is 0 Å². The Balaban J connectivity index is 2.15. The lowest BCUT2D eigenvalue weighted by molar-refractivity contribution is 0.165. The molecule has 166 valence electrons. The van der Waals surface area contributed by atoms with E-state index in [0.29, 0.717) is 13.0 Å². The summed E-state index contributed by atoms with van der Waals surface area (Å²) in [4.78, 5) is 9.54. The predicted molar refractivity (Wildman–Crippen MR) is 131 cm³/mol. The molecule has 5 heteroatoms. The Hall–Kier alpha value is -2.89. The van der Waals surface area contributed by atoms with Crippen molar-refractivity contribution in [2.45, 2.75) is 13.3 Å². The van der Waals surface area contributed by atoms with Gasteiger partial charge in [-0.1, -0.05) is 56.5 Å². The van der Waals surface area contributed by atoms with Crippen LogP contribution < -0.4 is 4.74 Å². The molecular formula is C26H35N3O2. The largest absolute Gasteiger partial charge is 0.494 e. The molecular weight excluding hydrogens is 386 g/mol. The summed E-state index contributed by atoms with van der Waals surface area (Å²) in [7, 11) is 0. The Bertz CT molecular complexity index is 798. The third-order valence-corrected chi connectivity index (χ3v) is 4.99. The van der Waals surface area contributed by atoms with Crippen LogP contribution >= 0.6 is 0 Å². The lowest BCUT2D eigenvalue weighted by Crippen LogP contribution is -2.45. The minimum atomic E-state index is 0.129. The normalized spacial score (nSPS) is 15.9. The monoisotopic (exact) mass is 421 g/mol. The second-order valence-electron chi connectivity index (χ2n) is 7.15. The van der Waals surface area contributed by atoms with Crippen molar-refractivity contribution in [2.24, 2.45) is 4.99 Å². The summed E-state index contributed by atoms with van der Waals surface area (Å²) >= 11 is 0. The number of rotatable bonds is 12. The number of benzene rings is 1.